The average Bonchev–Trinajstić information content (AvgIpc) is 3.57. The molecular weight excluding hydrogens is 597 g/mol. The topological polar surface area (TPSA) is 38.9 Å². The first-order valence-corrected chi connectivity index (χ1v) is 16.6. The van der Waals surface area contributed by atoms with Gasteiger partial charge in [0.1, 0.15) is 11.2 Å². The number of furan rings is 1. The molecule has 0 amide bonds. The van der Waals surface area contributed by atoms with Gasteiger partial charge in [-0.25, -0.2) is 9.97 Å². The molecule has 2 aromatic heterocycles. The molecule has 10 aromatic rings. The fourth-order valence-electron chi connectivity index (χ4n) is 7.37. The van der Waals surface area contributed by atoms with Gasteiger partial charge in [0.15, 0.2) is 5.82 Å². The molecule has 3 nitrogen and oxygen atoms in total. The molecule has 228 valence electrons. The summed E-state index contributed by atoms with van der Waals surface area (Å²) in [6.45, 7) is 0. The highest BCUT2D eigenvalue weighted by Gasteiger charge is 2.21. The summed E-state index contributed by atoms with van der Waals surface area (Å²) in [5.74, 6) is 0.694. The standard InChI is InChI=1S/C46H28N2O/c1-4-12-29(13-5-1)32-22-23-36-37-20-11-21-41-44(37)45-42(49-41)25-24-35(43(45)38(36)27-32)33-18-10-19-34(26-33)46-47-39(30-14-6-2-7-15-30)28-40(48-46)31-16-8-3-9-17-31/h1-28H. The number of hydrogen-bond acceptors (Lipinski definition) is 3. The third-order valence-corrected chi connectivity index (χ3v) is 9.65. The van der Waals surface area contributed by atoms with Crippen LogP contribution in [-0.2, 0) is 0 Å². The summed E-state index contributed by atoms with van der Waals surface area (Å²) in [5, 5.41) is 7.18. The maximum atomic E-state index is 6.47. The van der Waals surface area contributed by atoms with Gasteiger partial charge in [0.05, 0.1) is 11.4 Å². The van der Waals surface area contributed by atoms with Crippen molar-refractivity contribution in [1.29, 1.82) is 0 Å². The summed E-state index contributed by atoms with van der Waals surface area (Å²) in [5.41, 5.74) is 11.3. The van der Waals surface area contributed by atoms with E-state index in [1.54, 1.807) is 0 Å². The lowest BCUT2D eigenvalue weighted by molar-refractivity contribution is 0.669. The van der Waals surface area contributed by atoms with Crippen LogP contribution in [0.3, 0.4) is 0 Å². The van der Waals surface area contributed by atoms with Crippen molar-refractivity contribution in [3.05, 3.63) is 170 Å². The van der Waals surface area contributed by atoms with E-state index >= 15 is 0 Å². The first-order valence-electron chi connectivity index (χ1n) is 16.6. The Balaban J connectivity index is 1.22. The highest BCUT2D eigenvalue weighted by atomic mass is 16.3. The molecule has 0 N–H and O–H groups in total. The van der Waals surface area contributed by atoms with Gasteiger partial charge < -0.3 is 4.42 Å². The van der Waals surface area contributed by atoms with E-state index in [-0.39, 0.29) is 0 Å². The van der Waals surface area contributed by atoms with E-state index in [1.165, 1.54) is 43.4 Å². The fraction of sp³-hybridized carbons (Fsp3) is 0. The zero-order valence-electron chi connectivity index (χ0n) is 26.5. The second kappa shape index (κ2) is 11.0. The van der Waals surface area contributed by atoms with Crippen molar-refractivity contribution in [2.45, 2.75) is 0 Å². The van der Waals surface area contributed by atoms with Crippen LogP contribution in [0.15, 0.2) is 174 Å². The molecule has 0 atom stereocenters. The van der Waals surface area contributed by atoms with Crippen LogP contribution in [0, 0.1) is 0 Å². The van der Waals surface area contributed by atoms with Gasteiger partial charge in [-0.3, -0.25) is 0 Å². The summed E-state index contributed by atoms with van der Waals surface area (Å²) in [7, 11) is 0. The SMILES string of the molecule is c1ccc(-c2ccc3c(c2)c2c(-c4cccc(-c5nc(-c6ccccc6)cc(-c6ccccc6)n5)c4)ccc4oc5cccc3c5c42)cc1. The van der Waals surface area contributed by atoms with Gasteiger partial charge in [0.25, 0.3) is 0 Å². The van der Waals surface area contributed by atoms with Crippen molar-refractivity contribution in [2.24, 2.45) is 0 Å². The Kier molecular flexibility index (Phi) is 6.18. The van der Waals surface area contributed by atoms with Gasteiger partial charge in [0, 0.05) is 32.8 Å². The van der Waals surface area contributed by atoms with Crippen molar-refractivity contribution in [3.63, 3.8) is 0 Å². The number of nitrogens with zero attached hydrogens (tertiary/aromatic N) is 2. The van der Waals surface area contributed by atoms with E-state index in [1.807, 2.05) is 36.4 Å². The molecule has 0 saturated carbocycles. The maximum Gasteiger partial charge on any atom is 0.160 e. The van der Waals surface area contributed by atoms with Gasteiger partial charge in [-0.15, -0.1) is 0 Å². The molecule has 0 spiro atoms. The Labute approximate surface area is 283 Å². The third-order valence-electron chi connectivity index (χ3n) is 9.65. The summed E-state index contributed by atoms with van der Waals surface area (Å²) >= 11 is 0. The number of aromatic nitrogens is 2. The van der Waals surface area contributed by atoms with Crippen LogP contribution in [0.4, 0.5) is 0 Å². The Morgan fingerprint density at radius 2 is 0.939 bits per heavy atom. The lowest BCUT2D eigenvalue weighted by Gasteiger charge is -2.15. The molecule has 0 unspecified atom stereocenters. The summed E-state index contributed by atoms with van der Waals surface area (Å²) < 4.78 is 6.47. The van der Waals surface area contributed by atoms with Crippen molar-refractivity contribution in [3.8, 4) is 56.2 Å². The minimum absolute atomic E-state index is 0.694. The third kappa shape index (κ3) is 4.51. The van der Waals surface area contributed by atoms with Crippen molar-refractivity contribution in [2.75, 3.05) is 0 Å². The molecule has 0 radical (unpaired) electrons. The molecule has 0 aliphatic heterocycles. The number of rotatable bonds is 5. The summed E-state index contributed by atoms with van der Waals surface area (Å²) in [4.78, 5) is 10.2. The normalized spacial score (nSPS) is 11.7. The van der Waals surface area contributed by atoms with Crippen LogP contribution < -0.4 is 0 Å². The van der Waals surface area contributed by atoms with E-state index in [0.29, 0.717) is 5.82 Å². The van der Waals surface area contributed by atoms with Crippen LogP contribution in [0.1, 0.15) is 0 Å². The highest BCUT2D eigenvalue weighted by molar-refractivity contribution is 6.35. The predicted octanol–water partition coefficient (Wildman–Crippen LogP) is 12.5. The molecule has 0 bridgehead atoms. The maximum absolute atomic E-state index is 6.47. The second-order valence-corrected chi connectivity index (χ2v) is 12.5. The Bertz CT molecular complexity index is 2750. The van der Waals surface area contributed by atoms with Crippen LogP contribution >= 0.6 is 0 Å². The zero-order valence-corrected chi connectivity index (χ0v) is 26.5. The predicted molar refractivity (Wildman–Crippen MR) is 203 cm³/mol. The summed E-state index contributed by atoms with van der Waals surface area (Å²) in [6.07, 6.45) is 0. The fourth-order valence-corrected chi connectivity index (χ4v) is 7.37. The number of benzene rings is 8. The highest BCUT2D eigenvalue weighted by Crippen LogP contribution is 2.47. The second-order valence-electron chi connectivity index (χ2n) is 12.5. The lowest BCUT2D eigenvalue weighted by atomic mass is 9.88. The molecule has 10 rings (SSSR count). The van der Waals surface area contributed by atoms with E-state index in [9.17, 15) is 0 Å². The van der Waals surface area contributed by atoms with Crippen molar-refractivity contribution in [1.82, 2.24) is 9.97 Å². The minimum atomic E-state index is 0.694. The van der Waals surface area contributed by atoms with E-state index in [4.69, 9.17) is 14.4 Å². The van der Waals surface area contributed by atoms with Crippen LogP contribution in [-0.4, -0.2) is 9.97 Å². The Morgan fingerprint density at radius 3 is 1.65 bits per heavy atom. The molecule has 0 saturated heterocycles. The first kappa shape index (κ1) is 27.5. The van der Waals surface area contributed by atoms with Crippen LogP contribution in [0.2, 0.25) is 0 Å². The van der Waals surface area contributed by atoms with Gasteiger partial charge in [-0.05, 0) is 68.7 Å². The smallest absolute Gasteiger partial charge is 0.160 e. The van der Waals surface area contributed by atoms with Gasteiger partial charge in [-0.2, -0.15) is 0 Å². The van der Waals surface area contributed by atoms with E-state index in [0.717, 1.165) is 50.4 Å². The number of hydrogen-bond donors (Lipinski definition) is 0. The quantitative estimate of drug-likeness (QED) is 0.179. The largest absolute Gasteiger partial charge is 0.456 e. The van der Waals surface area contributed by atoms with Gasteiger partial charge >= 0.3 is 0 Å². The summed E-state index contributed by atoms with van der Waals surface area (Å²) in [6, 6.07) is 59.6. The lowest BCUT2D eigenvalue weighted by Crippen LogP contribution is -1.96. The van der Waals surface area contributed by atoms with Gasteiger partial charge in [-0.1, -0.05) is 140 Å². The molecule has 8 aromatic carbocycles. The monoisotopic (exact) mass is 624 g/mol. The Morgan fingerprint density at radius 1 is 0.327 bits per heavy atom. The molecule has 0 aliphatic carbocycles. The average molecular weight is 625 g/mol. The molecular formula is C46H28N2O. The van der Waals surface area contributed by atoms with Crippen molar-refractivity contribution < 1.29 is 4.42 Å². The zero-order chi connectivity index (χ0) is 32.3. The van der Waals surface area contributed by atoms with Crippen molar-refractivity contribution >= 4 is 43.5 Å². The molecule has 3 heteroatoms. The molecule has 2 heterocycles. The minimum Gasteiger partial charge on any atom is -0.456 e. The number of fused-ring (bicyclic) bond motifs is 3. The Hall–Kier alpha value is -6.58. The van der Waals surface area contributed by atoms with E-state index < -0.39 is 0 Å². The van der Waals surface area contributed by atoms with Crippen LogP contribution in [0.25, 0.3) is 99.6 Å². The first-order chi connectivity index (χ1) is 24.3. The van der Waals surface area contributed by atoms with Gasteiger partial charge in [0.2, 0.25) is 0 Å². The van der Waals surface area contributed by atoms with Crippen LogP contribution in [0.5, 0.6) is 0 Å². The molecule has 0 aliphatic rings. The van der Waals surface area contributed by atoms with E-state index in [2.05, 4.69) is 133 Å². The molecule has 0 fully saturated rings. The molecule has 49 heavy (non-hydrogen) atoms.